The second-order valence-electron chi connectivity index (χ2n) is 8.74. The van der Waals surface area contributed by atoms with Crippen molar-refractivity contribution in [1.82, 2.24) is 0 Å². The molecular weight excluding hydrogens is 663 g/mol. The molecule has 212 valence electrons. The minimum absolute atomic E-state index is 0. The number of rotatable bonds is 6. The molecule has 0 atom stereocenters. The van der Waals surface area contributed by atoms with Crippen LogP contribution in [0.4, 0.5) is 0 Å². The Morgan fingerprint density at radius 1 is 0.333 bits per heavy atom. The van der Waals surface area contributed by atoms with Crippen LogP contribution in [-0.4, -0.2) is 0 Å². The first-order chi connectivity index (χ1) is 20.3. The molecule has 0 aromatic heterocycles. The van der Waals surface area contributed by atoms with Gasteiger partial charge < -0.3 is 17.0 Å². The molecule has 2 nitrogen and oxygen atoms in total. The summed E-state index contributed by atoms with van der Waals surface area (Å²) in [6, 6.07) is 64.7. The molecule has 42 heavy (non-hydrogen) atoms. The van der Waals surface area contributed by atoms with E-state index in [9.17, 15) is 0 Å². The molecule has 0 saturated carbocycles. The van der Waals surface area contributed by atoms with E-state index in [2.05, 4.69) is 198 Å². The molecule has 0 N–H and O–H groups in total. The summed E-state index contributed by atoms with van der Waals surface area (Å²) >= 11 is 3.24. The van der Waals surface area contributed by atoms with Crippen molar-refractivity contribution in [3.63, 3.8) is 0 Å². The van der Waals surface area contributed by atoms with Crippen LogP contribution in [0.15, 0.2) is 186 Å². The summed E-state index contributed by atoms with van der Waals surface area (Å²) in [5.41, 5.74) is 0. The summed E-state index contributed by atoms with van der Waals surface area (Å²) in [7, 11) is -0.892. The van der Waals surface area contributed by atoms with E-state index in [4.69, 9.17) is 4.91 Å². The van der Waals surface area contributed by atoms with Crippen molar-refractivity contribution < 1.29 is 32.7 Å². The van der Waals surface area contributed by atoms with Gasteiger partial charge in [-0.2, -0.15) is 0 Å². The average molecular weight is 693 g/mol. The Hall–Kier alpha value is -3.25. The van der Waals surface area contributed by atoms with E-state index < -0.39 is 15.8 Å². The van der Waals surface area contributed by atoms with Crippen LogP contribution in [0.3, 0.4) is 0 Å². The second-order valence-corrected chi connectivity index (χ2v) is 13.4. The molecular formula is C36H30BrNNiOP2. The first kappa shape index (κ1) is 33.3. The number of benzene rings is 6. The minimum atomic E-state index is -0.446. The van der Waals surface area contributed by atoms with Gasteiger partial charge >= 0.3 is 24.8 Å². The van der Waals surface area contributed by atoms with Crippen LogP contribution in [0.1, 0.15) is 0 Å². The average Bonchev–Trinajstić information content (AvgIpc) is 3.05. The summed E-state index contributed by atoms with van der Waals surface area (Å²) in [5, 5.41) is 8.39. The molecule has 0 bridgehead atoms. The molecule has 6 rings (SSSR count). The number of halogens is 1. The van der Waals surface area contributed by atoms with Gasteiger partial charge in [-0.05, 0) is 47.7 Å². The Kier molecular flexibility index (Phi) is 15.1. The third-order valence-corrected chi connectivity index (χ3v) is 11.0. The van der Waals surface area contributed by atoms with Gasteiger partial charge in [0.1, 0.15) is 0 Å². The zero-order valence-electron chi connectivity index (χ0n) is 22.8. The number of hydrogen-bond acceptors (Lipinski definition) is 2. The van der Waals surface area contributed by atoms with Crippen LogP contribution >= 0.6 is 15.8 Å². The zero-order chi connectivity index (χ0) is 28.5. The first-order valence-electron chi connectivity index (χ1n) is 13.1. The predicted molar refractivity (Wildman–Crippen MR) is 176 cm³/mol. The largest absolute Gasteiger partial charge is 1.00 e. The molecule has 0 aliphatic heterocycles. The fourth-order valence-corrected chi connectivity index (χ4v) is 8.97. The van der Waals surface area contributed by atoms with Crippen molar-refractivity contribution in [3.05, 3.63) is 187 Å². The SMILES string of the molecule is O=[N][Ni+].[Br-].c1ccc(P(c2ccccc2)c2ccccc2)cc1.c1ccc(P(c2ccccc2)c2ccccc2)cc1. The Morgan fingerprint density at radius 2 is 0.452 bits per heavy atom. The van der Waals surface area contributed by atoms with Gasteiger partial charge in [0.15, 0.2) is 0 Å². The van der Waals surface area contributed by atoms with Gasteiger partial charge in [-0.3, -0.25) is 0 Å². The predicted octanol–water partition coefficient (Wildman–Crippen LogP) is 4.11. The third kappa shape index (κ3) is 9.94. The Morgan fingerprint density at radius 3 is 0.571 bits per heavy atom. The number of hydrogen-bond donors (Lipinski definition) is 0. The van der Waals surface area contributed by atoms with Crippen LogP contribution in [0, 0.1) is 4.91 Å². The molecule has 0 spiro atoms. The van der Waals surface area contributed by atoms with Gasteiger partial charge in [0.25, 0.3) is 0 Å². The van der Waals surface area contributed by atoms with Gasteiger partial charge in [-0.15, -0.1) is 0 Å². The molecule has 0 aliphatic carbocycles. The quantitative estimate of drug-likeness (QED) is 0.147. The normalized spacial score (nSPS) is 9.90. The van der Waals surface area contributed by atoms with Crippen molar-refractivity contribution in [2.75, 3.05) is 0 Å². The van der Waals surface area contributed by atoms with E-state index in [1.165, 1.54) is 31.8 Å². The van der Waals surface area contributed by atoms with Gasteiger partial charge in [0, 0.05) is 0 Å². The Bertz CT molecular complexity index is 1240. The van der Waals surface area contributed by atoms with E-state index in [0.717, 1.165) is 0 Å². The first-order valence-corrected chi connectivity index (χ1v) is 16.3. The van der Waals surface area contributed by atoms with E-state index >= 15 is 0 Å². The van der Waals surface area contributed by atoms with Gasteiger partial charge in [-0.25, -0.2) is 0 Å². The van der Waals surface area contributed by atoms with Crippen molar-refractivity contribution in [3.8, 4) is 0 Å². The summed E-state index contributed by atoms with van der Waals surface area (Å²) in [6.45, 7) is 0. The molecule has 6 aromatic rings. The van der Waals surface area contributed by atoms with E-state index in [0.29, 0.717) is 0 Å². The summed E-state index contributed by atoms with van der Waals surface area (Å²) in [6.07, 6.45) is 0. The fraction of sp³-hybridized carbons (Fsp3) is 0. The molecule has 0 fully saturated rings. The topological polar surface area (TPSA) is 29.4 Å². The molecule has 0 radical (unpaired) electrons. The molecule has 6 heteroatoms. The summed E-state index contributed by atoms with van der Waals surface area (Å²) < 4.78 is 1.88. The maximum Gasteiger partial charge on any atom is -0.0134 e. The van der Waals surface area contributed by atoms with Crippen LogP contribution < -0.4 is 48.8 Å². The minimum Gasteiger partial charge on any atom is -1.00 e. The number of nitroso groups, excluding NO2 is 1. The molecule has 0 unspecified atom stereocenters. The summed E-state index contributed by atoms with van der Waals surface area (Å²) in [4.78, 5) is 8.39. The maximum absolute atomic E-state index is 8.39. The van der Waals surface area contributed by atoms with Crippen LogP contribution in [0.2, 0.25) is 0 Å². The standard InChI is InChI=1S/2C18H15P.BrH.NO.Ni/c2*1-4-10-16(11-5-1)19(17-12-6-2-7-13-17)18-14-8-3-9-15-18;;1-2;/h2*1-15H;1H;;/q;;;-1;+2/p-1. The van der Waals surface area contributed by atoms with Crippen molar-refractivity contribution in [2.45, 2.75) is 0 Å². The van der Waals surface area contributed by atoms with Crippen LogP contribution in [0.25, 0.3) is 0 Å². The van der Waals surface area contributed by atoms with Crippen molar-refractivity contribution >= 4 is 47.7 Å². The van der Waals surface area contributed by atoms with Crippen LogP contribution in [0.5, 0.6) is 0 Å². The zero-order valence-corrected chi connectivity index (χ0v) is 27.1. The number of nitrogens with zero attached hydrogens (tertiary/aromatic N) is 1. The van der Waals surface area contributed by atoms with Crippen molar-refractivity contribution in [1.29, 1.82) is 0 Å². The second kappa shape index (κ2) is 19.0. The van der Waals surface area contributed by atoms with E-state index in [1.807, 2.05) is 4.26 Å². The smallest absolute Gasteiger partial charge is 0.0134 e. The van der Waals surface area contributed by atoms with E-state index in [1.54, 1.807) is 0 Å². The maximum atomic E-state index is 8.39. The molecule has 0 heterocycles. The third-order valence-electron chi connectivity index (χ3n) is 6.09. The van der Waals surface area contributed by atoms with Gasteiger partial charge in [-0.1, -0.05) is 182 Å². The van der Waals surface area contributed by atoms with Gasteiger partial charge in [0.2, 0.25) is 0 Å². The Balaban J connectivity index is 0.000000207. The molecule has 0 amide bonds. The van der Waals surface area contributed by atoms with E-state index in [-0.39, 0.29) is 17.0 Å². The molecule has 0 saturated heterocycles. The monoisotopic (exact) mass is 691 g/mol. The Labute approximate surface area is 270 Å². The fourth-order valence-electron chi connectivity index (χ4n) is 4.36. The molecule has 6 aromatic carbocycles. The van der Waals surface area contributed by atoms with Crippen LogP contribution in [-0.2, 0) is 15.7 Å². The van der Waals surface area contributed by atoms with Crippen molar-refractivity contribution in [2.24, 2.45) is 4.26 Å². The summed E-state index contributed by atoms with van der Waals surface area (Å²) in [5.74, 6) is 0. The van der Waals surface area contributed by atoms with Gasteiger partial charge in [0.05, 0.1) is 0 Å². The molecule has 0 aliphatic rings.